The average Bonchev–Trinajstić information content (AvgIpc) is 2.20. The van der Waals surface area contributed by atoms with Crippen LogP contribution in [0, 0.1) is 0 Å². The molecule has 2 N–H and O–H groups in total. The minimum absolute atomic E-state index is 0.0767. The van der Waals surface area contributed by atoms with Gasteiger partial charge in [0.2, 0.25) is 5.91 Å². The molecule has 1 heterocycles. The minimum atomic E-state index is -2.96. The summed E-state index contributed by atoms with van der Waals surface area (Å²) in [5.41, 5.74) is 0. The van der Waals surface area contributed by atoms with Crippen LogP contribution in [0.25, 0.3) is 0 Å². The highest BCUT2D eigenvalue weighted by Gasteiger charge is 2.19. The average molecular weight is 248 g/mol. The van der Waals surface area contributed by atoms with E-state index in [1.54, 1.807) is 13.8 Å². The van der Waals surface area contributed by atoms with Gasteiger partial charge in [-0.3, -0.25) is 4.79 Å². The van der Waals surface area contributed by atoms with E-state index in [9.17, 15) is 13.2 Å². The number of rotatable bonds is 5. The van der Waals surface area contributed by atoms with E-state index in [2.05, 4.69) is 10.6 Å². The van der Waals surface area contributed by atoms with Gasteiger partial charge in [0, 0.05) is 25.6 Å². The molecule has 1 fully saturated rings. The predicted molar refractivity (Wildman–Crippen MR) is 63.0 cm³/mol. The maximum absolute atomic E-state index is 11.5. The van der Waals surface area contributed by atoms with Gasteiger partial charge >= 0.3 is 0 Å². The van der Waals surface area contributed by atoms with Crippen LogP contribution in [-0.2, 0) is 14.6 Å². The Kier molecular flexibility index (Phi) is 4.73. The molecule has 1 unspecified atom stereocenters. The molecular formula is C10H20N2O3S. The van der Waals surface area contributed by atoms with Crippen LogP contribution in [0.3, 0.4) is 0 Å². The maximum Gasteiger partial charge on any atom is 0.220 e. The first kappa shape index (κ1) is 13.4. The summed E-state index contributed by atoms with van der Waals surface area (Å²) in [6, 6.07) is 0.208. The molecular weight excluding hydrogens is 228 g/mol. The second-order valence-corrected chi connectivity index (χ2v) is 7.09. The zero-order chi connectivity index (χ0) is 12.2. The van der Waals surface area contributed by atoms with Gasteiger partial charge in [-0.1, -0.05) is 0 Å². The van der Waals surface area contributed by atoms with Gasteiger partial charge in [0.05, 0.1) is 11.0 Å². The number of carbonyl (C=O) groups is 1. The molecule has 0 saturated carbocycles. The molecule has 0 aromatic heterocycles. The molecule has 0 aromatic rings. The molecule has 1 amide bonds. The van der Waals surface area contributed by atoms with Crippen LogP contribution in [-0.4, -0.2) is 44.5 Å². The number of piperidine rings is 1. The highest BCUT2D eigenvalue weighted by atomic mass is 32.2. The second kappa shape index (κ2) is 5.63. The smallest absolute Gasteiger partial charge is 0.220 e. The largest absolute Gasteiger partial charge is 0.355 e. The van der Waals surface area contributed by atoms with Crippen LogP contribution in [0.5, 0.6) is 0 Å². The Morgan fingerprint density at radius 2 is 2.19 bits per heavy atom. The van der Waals surface area contributed by atoms with E-state index >= 15 is 0 Å². The monoisotopic (exact) mass is 248 g/mol. The van der Waals surface area contributed by atoms with Crippen molar-refractivity contribution in [3.05, 3.63) is 0 Å². The maximum atomic E-state index is 11.5. The van der Waals surface area contributed by atoms with Crippen molar-refractivity contribution >= 4 is 15.7 Å². The molecule has 6 heteroatoms. The molecule has 94 valence electrons. The van der Waals surface area contributed by atoms with Crippen LogP contribution in [0.15, 0.2) is 0 Å². The fraction of sp³-hybridized carbons (Fsp3) is 0.900. The Hall–Kier alpha value is -0.620. The molecule has 1 aliphatic heterocycles. The summed E-state index contributed by atoms with van der Waals surface area (Å²) in [6.45, 7) is 4.44. The molecule has 1 atom stereocenters. The molecule has 1 rings (SSSR count). The SMILES string of the molecule is CC(C)S(=O)(=O)CCNC1CCC(=O)NC1. The van der Waals surface area contributed by atoms with Gasteiger partial charge in [-0.05, 0) is 20.3 Å². The third-order valence-electron chi connectivity index (χ3n) is 2.80. The van der Waals surface area contributed by atoms with Crippen LogP contribution in [0.2, 0.25) is 0 Å². The summed E-state index contributed by atoms with van der Waals surface area (Å²) in [5, 5.41) is 5.59. The van der Waals surface area contributed by atoms with Crippen LogP contribution in [0.1, 0.15) is 26.7 Å². The van der Waals surface area contributed by atoms with Gasteiger partial charge in [-0.25, -0.2) is 8.42 Å². The van der Waals surface area contributed by atoms with E-state index in [0.717, 1.165) is 6.42 Å². The molecule has 0 aromatic carbocycles. The lowest BCUT2D eigenvalue weighted by atomic mass is 10.1. The van der Waals surface area contributed by atoms with Crippen LogP contribution >= 0.6 is 0 Å². The number of sulfone groups is 1. The first-order valence-electron chi connectivity index (χ1n) is 5.63. The summed E-state index contributed by atoms with van der Waals surface area (Å²) >= 11 is 0. The van der Waals surface area contributed by atoms with E-state index in [-0.39, 0.29) is 23.0 Å². The summed E-state index contributed by atoms with van der Waals surface area (Å²) < 4.78 is 23.0. The number of carbonyl (C=O) groups excluding carboxylic acids is 1. The van der Waals surface area contributed by atoms with Crippen LogP contribution < -0.4 is 10.6 Å². The molecule has 1 aliphatic rings. The van der Waals surface area contributed by atoms with Crippen LogP contribution in [0.4, 0.5) is 0 Å². The van der Waals surface area contributed by atoms with E-state index in [1.165, 1.54) is 0 Å². The molecule has 1 saturated heterocycles. The zero-order valence-corrected chi connectivity index (χ0v) is 10.6. The van der Waals surface area contributed by atoms with Gasteiger partial charge in [0.15, 0.2) is 9.84 Å². The highest BCUT2D eigenvalue weighted by molar-refractivity contribution is 7.92. The summed E-state index contributed by atoms with van der Waals surface area (Å²) in [7, 11) is -2.96. The van der Waals surface area contributed by atoms with Gasteiger partial charge in [0.25, 0.3) is 0 Å². The first-order chi connectivity index (χ1) is 7.42. The molecule has 0 radical (unpaired) electrons. The normalized spacial score (nSPS) is 22.2. The second-order valence-electron chi connectivity index (χ2n) is 4.41. The highest BCUT2D eigenvalue weighted by Crippen LogP contribution is 2.03. The fourth-order valence-corrected chi connectivity index (χ4v) is 2.42. The zero-order valence-electron chi connectivity index (χ0n) is 9.82. The predicted octanol–water partition coefficient (Wildman–Crippen LogP) is -0.322. The third-order valence-corrected chi connectivity index (χ3v) is 5.01. The van der Waals surface area contributed by atoms with E-state index in [0.29, 0.717) is 19.5 Å². The Labute approximate surface area is 96.9 Å². The summed E-state index contributed by atoms with van der Waals surface area (Å²) in [5.74, 6) is 0.239. The molecule has 5 nitrogen and oxygen atoms in total. The molecule has 0 aliphatic carbocycles. The van der Waals surface area contributed by atoms with Crippen molar-refractivity contribution in [3.63, 3.8) is 0 Å². The van der Waals surface area contributed by atoms with Crippen molar-refractivity contribution in [2.75, 3.05) is 18.8 Å². The van der Waals surface area contributed by atoms with Crippen molar-refractivity contribution in [3.8, 4) is 0 Å². The standard InChI is InChI=1S/C10H20N2O3S/c1-8(2)16(14,15)6-5-11-9-3-4-10(13)12-7-9/h8-9,11H,3-7H2,1-2H3,(H,12,13). The number of nitrogens with one attached hydrogen (secondary N) is 2. The quantitative estimate of drug-likeness (QED) is 0.699. The van der Waals surface area contributed by atoms with Crippen molar-refractivity contribution < 1.29 is 13.2 Å². The Bertz CT molecular complexity index is 328. The topological polar surface area (TPSA) is 75.3 Å². The minimum Gasteiger partial charge on any atom is -0.355 e. The van der Waals surface area contributed by atoms with Gasteiger partial charge in [0.1, 0.15) is 0 Å². The Morgan fingerprint density at radius 3 is 2.69 bits per heavy atom. The number of hydrogen-bond donors (Lipinski definition) is 2. The first-order valence-corrected chi connectivity index (χ1v) is 7.35. The molecule has 0 bridgehead atoms. The number of amides is 1. The third kappa shape index (κ3) is 4.09. The fourth-order valence-electron chi connectivity index (χ4n) is 1.55. The Morgan fingerprint density at radius 1 is 1.50 bits per heavy atom. The lowest BCUT2D eigenvalue weighted by Gasteiger charge is -2.23. The molecule has 16 heavy (non-hydrogen) atoms. The van der Waals surface area contributed by atoms with Crippen molar-refractivity contribution in [2.24, 2.45) is 0 Å². The van der Waals surface area contributed by atoms with Gasteiger partial charge < -0.3 is 10.6 Å². The van der Waals surface area contributed by atoms with Crippen molar-refractivity contribution in [2.45, 2.75) is 38.0 Å². The number of hydrogen-bond acceptors (Lipinski definition) is 4. The Balaban J connectivity index is 2.23. The van der Waals surface area contributed by atoms with Gasteiger partial charge in [-0.2, -0.15) is 0 Å². The van der Waals surface area contributed by atoms with E-state index in [4.69, 9.17) is 0 Å². The van der Waals surface area contributed by atoms with Crippen molar-refractivity contribution in [1.29, 1.82) is 0 Å². The van der Waals surface area contributed by atoms with E-state index < -0.39 is 9.84 Å². The summed E-state index contributed by atoms with van der Waals surface area (Å²) in [4.78, 5) is 10.9. The van der Waals surface area contributed by atoms with Gasteiger partial charge in [-0.15, -0.1) is 0 Å². The summed E-state index contributed by atoms with van der Waals surface area (Å²) in [6.07, 6.45) is 1.31. The van der Waals surface area contributed by atoms with Crippen molar-refractivity contribution in [1.82, 2.24) is 10.6 Å². The lowest BCUT2D eigenvalue weighted by molar-refractivity contribution is -0.122. The lowest BCUT2D eigenvalue weighted by Crippen LogP contribution is -2.47. The van der Waals surface area contributed by atoms with E-state index in [1.807, 2.05) is 0 Å². The molecule has 0 spiro atoms.